The number of pyridine rings is 1. The van der Waals surface area contributed by atoms with Crippen LogP contribution in [0.4, 0.5) is 26.3 Å². The fraction of sp³-hybridized carbons (Fsp3) is 0.552. The largest absolute Gasteiger partial charge is 0.464 e. The van der Waals surface area contributed by atoms with Crippen LogP contribution >= 0.6 is 0 Å². The van der Waals surface area contributed by atoms with Crippen LogP contribution in [0.5, 0.6) is 0 Å². The highest BCUT2D eigenvalue weighted by molar-refractivity contribution is 5.98. The summed E-state index contributed by atoms with van der Waals surface area (Å²) in [5.41, 5.74) is 0.709. The Labute approximate surface area is 456 Å². The maximum atomic E-state index is 16.9. The number of cyclic esters (lactones) is 1. The summed E-state index contributed by atoms with van der Waals surface area (Å²) in [7, 11) is 2.72. The van der Waals surface area contributed by atoms with Crippen molar-refractivity contribution in [2.75, 3.05) is 53.5 Å². The second-order valence-corrected chi connectivity index (χ2v) is 23.1. The van der Waals surface area contributed by atoms with Crippen molar-refractivity contribution in [1.29, 1.82) is 0 Å². The minimum atomic E-state index is -4.70. The van der Waals surface area contributed by atoms with Gasteiger partial charge < -0.3 is 29.2 Å². The van der Waals surface area contributed by atoms with Gasteiger partial charge in [0, 0.05) is 86.8 Å². The molecule has 0 aliphatic carbocycles. The number of hydrazine groups is 1. The number of fused-ring (bicyclic) bond motifs is 6. The van der Waals surface area contributed by atoms with Crippen molar-refractivity contribution in [2.24, 2.45) is 11.3 Å². The van der Waals surface area contributed by atoms with Crippen molar-refractivity contribution < 1.29 is 59.8 Å². The zero-order valence-corrected chi connectivity index (χ0v) is 46.2. The van der Waals surface area contributed by atoms with Gasteiger partial charge in [0.15, 0.2) is 0 Å². The van der Waals surface area contributed by atoms with Gasteiger partial charge in [0.2, 0.25) is 11.6 Å². The minimum Gasteiger partial charge on any atom is -0.464 e. The number of methoxy groups -OCH3 is 1. The molecule has 79 heavy (non-hydrogen) atoms. The molecule has 2 N–H and O–H groups in total. The number of benzene rings is 2. The first kappa shape index (κ1) is 58.6. The zero-order valence-electron chi connectivity index (χ0n) is 46.2. The highest BCUT2D eigenvalue weighted by Crippen LogP contribution is 2.44. The highest BCUT2D eigenvalue weighted by atomic mass is 19.4. The number of carbonyl (C=O) groups is 5. The first-order valence-electron chi connectivity index (χ1n) is 26.8. The smallest absolute Gasteiger partial charge is 0.406 e. The van der Waals surface area contributed by atoms with Crippen molar-refractivity contribution in [3.8, 4) is 34.2 Å². The Morgan fingerprint density at radius 2 is 1.73 bits per heavy atom. The van der Waals surface area contributed by atoms with E-state index in [9.17, 15) is 37.1 Å². The molecule has 6 bridgehead atoms. The van der Waals surface area contributed by atoms with E-state index in [4.69, 9.17) is 9.47 Å². The molecule has 2 aromatic heterocycles. The molecule has 3 saturated heterocycles. The number of ether oxygens (including phenoxy) is 2. The summed E-state index contributed by atoms with van der Waals surface area (Å²) in [4.78, 5) is 79.9. The zero-order chi connectivity index (χ0) is 57.5. The van der Waals surface area contributed by atoms with Crippen molar-refractivity contribution >= 4 is 40.5 Å². The first-order valence-corrected chi connectivity index (χ1v) is 26.8. The maximum absolute atomic E-state index is 16.9. The number of hydrogen-bond donors (Lipinski definition) is 2. The van der Waals surface area contributed by atoms with Crippen LogP contribution in [-0.2, 0) is 52.8 Å². The number of likely N-dealkylation sites (N-methyl/N-ethyl adjacent to an activating group) is 1. The number of alkyl halides is 6. The van der Waals surface area contributed by atoms with Gasteiger partial charge in [-0.05, 0) is 111 Å². The summed E-state index contributed by atoms with van der Waals surface area (Å²) in [6.07, 6.45) is -6.00. The van der Waals surface area contributed by atoms with E-state index in [1.807, 2.05) is 13.8 Å². The van der Waals surface area contributed by atoms with E-state index in [1.165, 1.54) is 59.1 Å². The molecule has 4 aliphatic heterocycles. The fourth-order valence-corrected chi connectivity index (χ4v) is 11.2. The molecule has 426 valence electrons. The van der Waals surface area contributed by atoms with Gasteiger partial charge >= 0.3 is 12.1 Å². The van der Waals surface area contributed by atoms with E-state index >= 15 is 13.2 Å². The molecule has 4 aliphatic rings. The molecule has 0 radical (unpaired) electrons. The lowest BCUT2D eigenvalue weighted by Crippen LogP contribution is -2.62. The molecule has 1 unspecified atom stereocenters. The van der Waals surface area contributed by atoms with Gasteiger partial charge in [-0.1, -0.05) is 51.8 Å². The Morgan fingerprint density at radius 3 is 2.39 bits per heavy atom. The van der Waals surface area contributed by atoms with Gasteiger partial charge in [0.25, 0.3) is 24.1 Å². The summed E-state index contributed by atoms with van der Waals surface area (Å²) < 4.78 is 104. The predicted octanol–water partition coefficient (Wildman–Crippen LogP) is 8.14. The van der Waals surface area contributed by atoms with Gasteiger partial charge in [0.05, 0.1) is 36.2 Å². The van der Waals surface area contributed by atoms with Gasteiger partial charge in [-0.15, -0.1) is 0 Å². The van der Waals surface area contributed by atoms with Gasteiger partial charge in [-0.25, -0.2) is 18.6 Å². The normalized spacial score (nSPS) is 21.9. The molecule has 15 nitrogen and oxygen atoms in total. The van der Waals surface area contributed by atoms with Crippen LogP contribution in [0, 0.1) is 23.2 Å². The number of carbonyl (C=O) groups excluding carboxylic acids is 5. The molecule has 5 atom stereocenters. The van der Waals surface area contributed by atoms with Gasteiger partial charge in [0.1, 0.15) is 24.7 Å². The average molecular weight is 1110 g/mol. The number of likely N-dealkylation sites (tertiary alicyclic amines) is 2. The van der Waals surface area contributed by atoms with Crippen molar-refractivity contribution in [1.82, 2.24) is 40.0 Å². The maximum Gasteiger partial charge on any atom is 0.406 e. The Morgan fingerprint density at radius 1 is 1.00 bits per heavy atom. The lowest BCUT2D eigenvalue weighted by Gasteiger charge is -2.41. The van der Waals surface area contributed by atoms with Crippen molar-refractivity contribution in [2.45, 2.75) is 142 Å². The van der Waals surface area contributed by atoms with Crippen LogP contribution in [-0.4, -0.2) is 148 Å². The Kier molecular flexibility index (Phi) is 17.0. The standard InChI is InChI=1S/C58H70F6N8O7/c1-34(2)48(68(8)54(77)57(61)19-24-69(31-57)46(73)17-18-56(6,7)70-21-12-22-70)51(74)66-44-27-36-25-38(28-39(26-36)50(59)60)37-15-16-45-41(29-37)42(30-55(4,5)33-79-53(76)43-14-11-23-72(67-43)52(44)75)49(71(45)32-58(62,63)64)40-13-10-20-65-47(40)35(3)78-9/h10,13,15-16,20,25-26,28-29,34-35,43-44,48,50,67H,11-12,14,19,21-24,27,30-33H2,1-9H3,(H,66,74)/t35-,43-,44-,48?,57+/m0/s1. The number of nitrogens with zero attached hydrogens (tertiary/aromatic N) is 6. The van der Waals surface area contributed by atoms with E-state index in [0.29, 0.717) is 34.2 Å². The molecule has 8 rings (SSSR count). The summed E-state index contributed by atoms with van der Waals surface area (Å²) in [5, 5.41) is 4.30. The van der Waals surface area contributed by atoms with Crippen LogP contribution in [0.2, 0.25) is 0 Å². The Bertz CT molecular complexity index is 3050. The summed E-state index contributed by atoms with van der Waals surface area (Å²) in [6.45, 7) is 11.8. The number of aromatic nitrogens is 2. The van der Waals surface area contributed by atoms with E-state index in [2.05, 4.69) is 32.5 Å². The van der Waals surface area contributed by atoms with Crippen molar-refractivity contribution in [3.05, 3.63) is 77.1 Å². The molecule has 4 aromatic rings. The number of halogens is 6. The first-order chi connectivity index (χ1) is 37.1. The monoisotopic (exact) mass is 1100 g/mol. The van der Waals surface area contributed by atoms with E-state index in [-0.39, 0.29) is 61.3 Å². The van der Waals surface area contributed by atoms with E-state index in [1.54, 1.807) is 58.9 Å². The number of esters is 1. The lowest BCUT2D eigenvalue weighted by atomic mass is 9.84. The Hall–Kier alpha value is -6.50. The van der Waals surface area contributed by atoms with E-state index in [0.717, 1.165) is 24.4 Å². The summed E-state index contributed by atoms with van der Waals surface area (Å²) in [5.74, 6) is 0.890. The third-order valence-electron chi connectivity index (χ3n) is 15.6. The third-order valence-corrected chi connectivity index (χ3v) is 15.6. The highest BCUT2D eigenvalue weighted by Gasteiger charge is 2.50. The number of nitrogens with one attached hydrogen (secondary N) is 2. The van der Waals surface area contributed by atoms with Crippen LogP contribution in [0.3, 0.4) is 0 Å². The average Bonchev–Trinajstić information content (AvgIpc) is 4.14. The molecule has 21 heteroatoms. The third kappa shape index (κ3) is 12.8. The number of hydrogen-bond acceptors (Lipinski definition) is 10. The van der Waals surface area contributed by atoms with E-state index < -0.39 is 114 Å². The molecular formula is C58H70F6N8O7. The quantitative estimate of drug-likeness (QED) is 0.0854. The Balaban J connectivity index is 1.19. The van der Waals surface area contributed by atoms with Crippen LogP contribution < -0.4 is 10.7 Å². The van der Waals surface area contributed by atoms with Gasteiger partial charge in [-0.2, -0.15) is 13.2 Å². The molecule has 6 heterocycles. The molecule has 0 saturated carbocycles. The van der Waals surface area contributed by atoms with Crippen LogP contribution in [0.25, 0.3) is 33.3 Å². The lowest BCUT2D eigenvalue weighted by molar-refractivity contribution is -0.155. The second kappa shape index (κ2) is 22.9. The second-order valence-electron chi connectivity index (χ2n) is 23.1. The summed E-state index contributed by atoms with van der Waals surface area (Å²) in [6, 6.07) is 7.99. The van der Waals surface area contributed by atoms with Crippen LogP contribution in [0.1, 0.15) is 109 Å². The fourth-order valence-electron chi connectivity index (χ4n) is 11.2. The SMILES string of the molecule is CO[C@@H](C)c1ncccc1-c1c2c3cc(ccc3n1CC(F)(F)F)-c1cc(cc(C(F)F)c1)C[C@H](NC(=O)C(C(C)C)N(C)C(=O)[C@@]1(F)CCN(C(=O)C#CC(C)(C)N3CCC3)C1)C(=O)N1CCC[C@H](N1)C(=O)OCC(C)(C)C2. The topological polar surface area (TPSA) is 159 Å². The molecular weight excluding hydrogens is 1030 g/mol. The van der Waals surface area contributed by atoms with Gasteiger partial charge in [-0.3, -0.25) is 38.9 Å². The molecule has 3 fully saturated rings. The summed E-state index contributed by atoms with van der Waals surface area (Å²) >= 11 is 0. The van der Waals surface area contributed by atoms with Crippen LogP contribution in [0.15, 0.2) is 54.7 Å². The molecule has 0 spiro atoms. The number of amides is 4. The molecule has 2 aromatic carbocycles. The minimum absolute atomic E-state index is 0.0625. The predicted molar refractivity (Wildman–Crippen MR) is 283 cm³/mol. The molecule has 4 amide bonds. The number of rotatable bonds is 11. The van der Waals surface area contributed by atoms with Crippen molar-refractivity contribution in [3.63, 3.8) is 0 Å².